The van der Waals surface area contributed by atoms with Crippen LogP contribution in [0.5, 0.6) is 0 Å². The molecule has 0 aliphatic heterocycles. The van der Waals surface area contributed by atoms with Crippen LogP contribution in [0.3, 0.4) is 0 Å². The standard InChI is InChI=1S/C12H15N3O4S2/c1-12(2,3)19-11(16)15-10-14-8-5-4-7(21(13,17)18)6-9(8)20-10/h4-6H,1-3H3,(H2,13,17,18)(H,14,15,16). The van der Waals surface area contributed by atoms with E-state index in [1.165, 1.54) is 18.2 Å². The molecular formula is C12H15N3O4S2. The Bertz CT molecular complexity index is 790. The Balaban J connectivity index is 2.25. The number of amides is 1. The molecule has 0 spiro atoms. The van der Waals surface area contributed by atoms with Crippen LogP contribution < -0.4 is 10.5 Å². The SMILES string of the molecule is CC(C)(C)OC(=O)Nc1nc2ccc(S(N)(=O)=O)cc2s1. The van der Waals surface area contributed by atoms with Crippen molar-refractivity contribution in [3.63, 3.8) is 0 Å². The molecule has 21 heavy (non-hydrogen) atoms. The van der Waals surface area contributed by atoms with E-state index in [1.54, 1.807) is 20.8 Å². The first-order valence-corrected chi connectivity index (χ1v) is 8.34. The van der Waals surface area contributed by atoms with Gasteiger partial charge in [0.1, 0.15) is 5.60 Å². The summed E-state index contributed by atoms with van der Waals surface area (Å²) in [6.45, 7) is 5.26. The number of carbonyl (C=O) groups is 1. The van der Waals surface area contributed by atoms with Crippen LogP contribution in [-0.2, 0) is 14.8 Å². The van der Waals surface area contributed by atoms with E-state index in [-0.39, 0.29) is 4.90 Å². The van der Waals surface area contributed by atoms with Crippen molar-refractivity contribution in [1.29, 1.82) is 0 Å². The van der Waals surface area contributed by atoms with Gasteiger partial charge in [0, 0.05) is 0 Å². The van der Waals surface area contributed by atoms with Gasteiger partial charge in [0.2, 0.25) is 10.0 Å². The van der Waals surface area contributed by atoms with Crippen LogP contribution in [0.1, 0.15) is 20.8 Å². The fourth-order valence-corrected chi connectivity index (χ4v) is 3.03. The van der Waals surface area contributed by atoms with Gasteiger partial charge in [0.15, 0.2) is 5.13 Å². The van der Waals surface area contributed by atoms with E-state index in [4.69, 9.17) is 9.88 Å². The lowest BCUT2D eigenvalue weighted by Crippen LogP contribution is -2.27. The van der Waals surface area contributed by atoms with Crippen molar-refractivity contribution >= 4 is 42.8 Å². The number of hydrogen-bond acceptors (Lipinski definition) is 6. The molecule has 1 aromatic heterocycles. The van der Waals surface area contributed by atoms with Crippen molar-refractivity contribution in [2.75, 3.05) is 5.32 Å². The second-order valence-electron chi connectivity index (χ2n) is 5.32. The van der Waals surface area contributed by atoms with E-state index in [0.29, 0.717) is 15.3 Å². The molecule has 0 fully saturated rings. The molecule has 0 atom stereocenters. The van der Waals surface area contributed by atoms with Crippen molar-refractivity contribution in [3.8, 4) is 0 Å². The molecule has 2 aromatic rings. The Labute approximate surface area is 126 Å². The first-order valence-electron chi connectivity index (χ1n) is 5.98. The maximum atomic E-state index is 11.6. The molecule has 0 saturated carbocycles. The molecule has 0 aliphatic carbocycles. The van der Waals surface area contributed by atoms with Gasteiger partial charge in [0.25, 0.3) is 0 Å². The summed E-state index contributed by atoms with van der Waals surface area (Å²) in [7, 11) is -3.77. The zero-order valence-corrected chi connectivity index (χ0v) is 13.3. The van der Waals surface area contributed by atoms with E-state index in [1.807, 2.05) is 0 Å². The van der Waals surface area contributed by atoms with Crippen molar-refractivity contribution in [2.45, 2.75) is 31.3 Å². The molecule has 114 valence electrons. The van der Waals surface area contributed by atoms with Crippen molar-refractivity contribution in [2.24, 2.45) is 5.14 Å². The summed E-state index contributed by atoms with van der Waals surface area (Å²) in [5, 5.41) is 7.91. The van der Waals surface area contributed by atoms with Crippen molar-refractivity contribution in [3.05, 3.63) is 18.2 Å². The summed E-state index contributed by atoms with van der Waals surface area (Å²) < 4.78 is 28.3. The summed E-state index contributed by atoms with van der Waals surface area (Å²) in [5.41, 5.74) is -0.0415. The second kappa shape index (κ2) is 5.24. The summed E-state index contributed by atoms with van der Waals surface area (Å²) in [4.78, 5) is 15.8. The smallest absolute Gasteiger partial charge is 0.413 e. The second-order valence-corrected chi connectivity index (χ2v) is 7.91. The van der Waals surface area contributed by atoms with Crippen LogP contribution in [0.2, 0.25) is 0 Å². The predicted octanol–water partition coefficient (Wildman–Crippen LogP) is 2.29. The summed E-state index contributed by atoms with van der Waals surface area (Å²) in [6, 6.07) is 4.32. The van der Waals surface area contributed by atoms with E-state index < -0.39 is 21.7 Å². The number of aromatic nitrogens is 1. The van der Waals surface area contributed by atoms with Crippen LogP contribution >= 0.6 is 11.3 Å². The van der Waals surface area contributed by atoms with Crippen LogP contribution in [0.15, 0.2) is 23.1 Å². The minimum Gasteiger partial charge on any atom is -0.444 e. The Morgan fingerprint density at radius 2 is 2.05 bits per heavy atom. The van der Waals surface area contributed by atoms with E-state index in [0.717, 1.165) is 11.3 Å². The van der Waals surface area contributed by atoms with E-state index >= 15 is 0 Å². The first-order chi connectivity index (χ1) is 9.54. The quantitative estimate of drug-likeness (QED) is 0.878. The van der Waals surface area contributed by atoms with Crippen LogP contribution in [0.4, 0.5) is 9.93 Å². The number of anilines is 1. The highest BCUT2D eigenvalue weighted by molar-refractivity contribution is 7.89. The van der Waals surface area contributed by atoms with Gasteiger partial charge in [-0.2, -0.15) is 0 Å². The lowest BCUT2D eigenvalue weighted by atomic mass is 10.2. The van der Waals surface area contributed by atoms with Gasteiger partial charge in [-0.05, 0) is 39.0 Å². The van der Waals surface area contributed by atoms with Crippen molar-refractivity contribution in [1.82, 2.24) is 4.98 Å². The van der Waals surface area contributed by atoms with E-state index in [2.05, 4.69) is 10.3 Å². The number of primary sulfonamides is 1. The molecule has 0 radical (unpaired) electrons. The molecule has 1 aromatic carbocycles. The highest BCUT2D eigenvalue weighted by Crippen LogP contribution is 2.28. The molecule has 0 unspecified atom stereocenters. The molecular weight excluding hydrogens is 314 g/mol. The molecule has 7 nitrogen and oxygen atoms in total. The first kappa shape index (κ1) is 15.7. The molecule has 1 amide bonds. The summed E-state index contributed by atoms with van der Waals surface area (Å²) >= 11 is 1.14. The largest absolute Gasteiger partial charge is 0.444 e. The molecule has 0 aliphatic rings. The molecule has 0 bridgehead atoms. The lowest BCUT2D eigenvalue weighted by molar-refractivity contribution is 0.0636. The minimum atomic E-state index is -3.77. The monoisotopic (exact) mass is 329 g/mol. The normalized spacial score (nSPS) is 12.4. The Morgan fingerprint density at radius 1 is 1.38 bits per heavy atom. The third-order valence-electron chi connectivity index (χ3n) is 2.30. The van der Waals surface area contributed by atoms with Crippen LogP contribution in [-0.4, -0.2) is 25.1 Å². The van der Waals surface area contributed by atoms with Gasteiger partial charge >= 0.3 is 6.09 Å². The van der Waals surface area contributed by atoms with Gasteiger partial charge in [0.05, 0.1) is 15.1 Å². The molecule has 9 heteroatoms. The Morgan fingerprint density at radius 3 is 2.62 bits per heavy atom. The fourth-order valence-electron chi connectivity index (χ4n) is 1.53. The van der Waals surface area contributed by atoms with Gasteiger partial charge in [-0.25, -0.2) is 23.3 Å². The number of benzene rings is 1. The maximum Gasteiger partial charge on any atom is 0.413 e. The number of ether oxygens (including phenoxy) is 1. The number of rotatable bonds is 2. The predicted molar refractivity (Wildman–Crippen MR) is 80.8 cm³/mol. The Kier molecular flexibility index (Phi) is 3.91. The third-order valence-corrected chi connectivity index (χ3v) is 4.14. The summed E-state index contributed by atoms with van der Waals surface area (Å²) in [6.07, 6.45) is -0.617. The maximum absolute atomic E-state index is 11.6. The number of nitrogens with one attached hydrogen (secondary N) is 1. The number of fused-ring (bicyclic) bond motifs is 1. The average molecular weight is 329 g/mol. The third kappa shape index (κ3) is 4.13. The number of hydrogen-bond donors (Lipinski definition) is 2. The molecule has 1 heterocycles. The van der Waals surface area contributed by atoms with Crippen molar-refractivity contribution < 1.29 is 17.9 Å². The summed E-state index contributed by atoms with van der Waals surface area (Å²) in [5.74, 6) is 0. The number of carbonyl (C=O) groups excluding carboxylic acids is 1. The Hall–Kier alpha value is -1.71. The zero-order chi connectivity index (χ0) is 15.8. The lowest BCUT2D eigenvalue weighted by Gasteiger charge is -2.18. The van der Waals surface area contributed by atoms with Gasteiger partial charge in [-0.15, -0.1) is 0 Å². The highest BCUT2D eigenvalue weighted by Gasteiger charge is 2.18. The number of nitrogens with zero attached hydrogens (tertiary/aromatic N) is 1. The number of sulfonamides is 1. The van der Waals surface area contributed by atoms with Crippen LogP contribution in [0, 0.1) is 0 Å². The number of nitrogens with two attached hydrogens (primary N) is 1. The zero-order valence-electron chi connectivity index (χ0n) is 11.7. The van der Waals surface area contributed by atoms with Gasteiger partial charge in [-0.3, -0.25) is 5.32 Å². The average Bonchev–Trinajstić information content (AvgIpc) is 2.65. The number of thiazole rings is 1. The topological polar surface area (TPSA) is 111 Å². The van der Waals surface area contributed by atoms with Gasteiger partial charge in [-0.1, -0.05) is 11.3 Å². The highest BCUT2D eigenvalue weighted by atomic mass is 32.2. The van der Waals surface area contributed by atoms with Gasteiger partial charge < -0.3 is 4.74 Å². The van der Waals surface area contributed by atoms with E-state index in [9.17, 15) is 13.2 Å². The fraction of sp³-hybridized carbons (Fsp3) is 0.333. The molecule has 3 N–H and O–H groups in total. The van der Waals surface area contributed by atoms with Crippen LogP contribution in [0.25, 0.3) is 10.2 Å². The molecule has 2 rings (SSSR count). The minimum absolute atomic E-state index is 0.00229. The molecule has 0 saturated heterocycles.